The normalized spacial score (nSPS) is 35.5. The molecule has 4 aliphatic carbocycles. The largest absolute Gasteiger partial charge is 0.491 e. The number of alkyl halides is 5. The number of hydrogen-bond donors (Lipinski definition) is 2. The van der Waals surface area contributed by atoms with E-state index >= 15 is 0 Å². The quantitative estimate of drug-likeness (QED) is 0.174. The maximum atomic E-state index is 13.0. The molecule has 1 aromatic rings. The van der Waals surface area contributed by atoms with E-state index in [9.17, 15) is 41.2 Å². The molecule has 0 amide bonds. The van der Waals surface area contributed by atoms with Gasteiger partial charge in [-0.15, -0.1) is 0 Å². The summed E-state index contributed by atoms with van der Waals surface area (Å²) in [6, 6.07) is 7.98. The second kappa shape index (κ2) is 14.3. The number of carbonyl (C=O) groups is 1. The molecule has 0 saturated heterocycles. The van der Waals surface area contributed by atoms with Gasteiger partial charge in [-0.05, 0) is 103 Å². The first-order valence-electron chi connectivity index (χ1n) is 17.0. The highest BCUT2D eigenvalue weighted by Crippen LogP contribution is 2.69. The van der Waals surface area contributed by atoms with Crippen LogP contribution in [0.3, 0.4) is 0 Å². The maximum Gasteiger partial charge on any atom is 0.453 e. The molecule has 5 rings (SSSR count). The summed E-state index contributed by atoms with van der Waals surface area (Å²) in [7, 11) is -1.62. The first-order chi connectivity index (χ1) is 22.0. The van der Waals surface area contributed by atoms with Crippen molar-refractivity contribution in [2.75, 3.05) is 31.3 Å². The number of aliphatic hydroxyl groups excluding tert-OH is 2. The smallest absolute Gasteiger partial charge is 0.453 e. The molecule has 1 aromatic carbocycles. The van der Waals surface area contributed by atoms with Crippen molar-refractivity contribution in [1.82, 2.24) is 0 Å². The van der Waals surface area contributed by atoms with Crippen molar-refractivity contribution in [3.63, 3.8) is 0 Å². The first-order valence-corrected chi connectivity index (χ1v) is 18.5. The van der Waals surface area contributed by atoms with E-state index in [1.54, 1.807) is 0 Å². The minimum atomic E-state index is -5.62. The van der Waals surface area contributed by atoms with Crippen LogP contribution in [0, 0.1) is 34.5 Å². The number of fused-ring (bicyclic) bond motifs is 5. The monoisotopic (exact) mass is 692 g/mol. The molecule has 5 unspecified atom stereocenters. The number of rotatable bonds is 13. The number of halogens is 5. The van der Waals surface area contributed by atoms with Gasteiger partial charge in [0, 0.05) is 41.6 Å². The number of benzene rings is 1. The summed E-state index contributed by atoms with van der Waals surface area (Å²) in [4.78, 5) is 12.4. The lowest BCUT2D eigenvalue weighted by atomic mass is 9.42. The lowest BCUT2D eigenvalue weighted by Gasteiger charge is -2.62. The molecule has 2 N–H and O–H groups in total. The average molecular weight is 693 g/mol. The van der Waals surface area contributed by atoms with Crippen LogP contribution in [0.15, 0.2) is 24.3 Å². The first kappa shape index (κ1) is 36.6. The van der Waals surface area contributed by atoms with Gasteiger partial charge in [-0.2, -0.15) is 22.0 Å². The third kappa shape index (κ3) is 7.75. The van der Waals surface area contributed by atoms with Gasteiger partial charge < -0.3 is 19.7 Å². The van der Waals surface area contributed by atoms with Gasteiger partial charge in [-0.3, -0.25) is 9.00 Å². The molecule has 266 valence electrons. The summed E-state index contributed by atoms with van der Waals surface area (Å²) in [5, 5.41) is 21.5. The highest BCUT2D eigenvalue weighted by molar-refractivity contribution is 7.84. The Morgan fingerprint density at radius 2 is 1.72 bits per heavy atom. The summed E-state index contributed by atoms with van der Waals surface area (Å²) in [5.41, 5.74) is 1.17. The highest BCUT2D eigenvalue weighted by Gasteiger charge is 2.63. The van der Waals surface area contributed by atoms with Gasteiger partial charge >= 0.3 is 12.1 Å². The van der Waals surface area contributed by atoms with Crippen molar-refractivity contribution in [2.24, 2.45) is 34.5 Å². The predicted octanol–water partition coefficient (Wildman–Crippen LogP) is 6.84. The van der Waals surface area contributed by atoms with E-state index < -0.39 is 41.8 Å². The minimum absolute atomic E-state index is 0.0391. The minimum Gasteiger partial charge on any atom is -0.491 e. The topological polar surface area (TPSA) is 93.1 Å². The van der Waals surface area contributed by atoms with E-state index in [1.807, 2.05) is 12.1 Å². The van der Waals surface area contributed by atoms with Gasteiger partial charge in [0.15, 0.2) is 0 Å². The van der Waals surface area contributed by atoms with E-state index in [-0.39, 0.29) is 54.2 Å². The lowest BCUT2D eigenvalue weighted by molar-refractivity contribution is -0.284. The van der Waals surface area contributed by atoms with Crippen molar-refractivity contribution >= 4 is 16.6 Å². The van der Waals surface area contributed by atoms with Crippen LogP contribution < -0.4 is 4.74 Å². The molecule has 0 radical (unpaired) electrons. The van der Waals surface area contributed by atoms with Crippen molar-refractivity contribution in [2.45, 2.75) is 108 Å². The summed E-state index contributed by atoms with van der Waals surface area (Å²) >= 11 is 0. The Morgan fingerprint density at radius 3 is 2.43 bits per heavy atom. The molecule has 4 fully saturated rings. The second-order valence-corrected chi connectivity index (χ2v) is 16.7. The Bertz CT molecular complexity index is 1260. The molecule has 47 heavy (non-hydrogen) atoms. The number of ether oxygens (including phenoxy) is 2. The molecule has 6 nitrogen and oxygen atoms in total. The van der Waals surface area contributed by atoms with E-state index in [4.69, 9.17) is 9.47 Å². The Balaban J connectivity index is 1.12. The third-order valence-electron chi connectivity index (χ3n) is 12.2. The van der Waals surface area contributed by atoms with Gasteiger partial charge in [-0.25, -0.2) is 0 Å². The fraction of sp³-hybridized carbons (Fsp3) is 0.800. The molecule has 10 atom stereocenters. The lowest BCUT2D eigenvalue weighted by Crippen LogP contribution is -2.56. The fourth-order valence-corrected chi connectivity index (χ4v) is 10.6. The molecule has 0 heterocycles. The number of aliphatic hydroxyl groups is 2. The summed E-state index contributed by atoms with van der Waals surface area (Å²) in [5.74, 6) is -2.03. The Morgan fingerprint density at radius 1 is 1.00 bits per heavy atom. The zero-order chi connectivity index (χ0) is 34.2. The molecular weight excluding hydrogens is 643 g/mol. The molecule has 0 spiro atoms. The van der Waals surface area contributed by atoms with E-state index in [1.165, 1.54) is 5.56 Å². The number of hydrogen-bond acceptors (Lipinski definition) is 6. The third-order valence-corrected chi connectivity index (χ3v) is 13.5. The Hall–Kier alpha value is -1.63. The van der Waals surface area contributed by atoms with Crippen LogP contribution >= 0.6 is 0 Å². The summed E-state index contributed by atoms with van der Waals surface area (Å²) in [6.07, 6.45) is -1.57. The zero-order valence-corrected chi connectivity index (χ0v) is 28.1. The fourth-order valence-electron chi connectivity index (χ4n) is 9.65. The highest BCUT2D eigenvalue weighted by atomic mass is 32.2. The number of Topliss-reactive ketones (excluding diaryl/α,β-unsaturated/α-hetero) is 1. The van der Waals surface area contributed by atoms with Crippen LogP contribution in [0.4, 0.5) is 22.0 Å². The molecular formula is C35H49F5O6S. The van der Waals surface area contributed by atoms with E-state index in [0.29, 0.717) is 48.0 Å². The molecule has 0 aromatic heterocycles. The summed E-state index contributed by atoms with van der Waals surface area (Å²) < 4.78 is 85.7. The van der Waals surface area contributed by atoms with Crippen LogP contribution in [-0.4, -0.2) is 75.8 Å². The van der Waals surface area contributed by atoms with Crippen molar-refractivity contribution in [3.05, 3.63) is 29.8 Å². The Labute approximate surface area is 276 Å². The van der Waals surface area contributed by atoms with Crippen molar-refractivity contribution < 1.29 is 50.6 Å². The van der Waals surface area contributed by atoms with Crippen LogP contribution in [0.1, 0.15) is 89.5 Å². The molecule has 0 bridgehead atoms. The van der Waals surface area contributed by atoms with Gasteiger partial charge in [0.2, 0.25) is 0 Å². The SMILES string of the molecule is C[C@]12CCC(=O)CC1CC[C@@H]1[C@H]2C(c2ccc(OCC(O)COCCS(=O)CCCC(F)(F)C(F)(F)F)cc2)C[C@]2(C)C(O)CC[C@@H]12. The molecule has 12 heteroatoms. The van der Waals surface area contributed by atoms with Gasteiger partial charge in [0.1, 0.15) is 24.2 Å². The van der Waals surface area contributed by atoms with Crippen LogP contribution in [0.25, 0.3) is 0 Å². The second-order valence-electron chi connectivity index (χ2n) is 15.0. The Kier molecular flexibility index (Phi) is 11.2. The number of ketones is 1. The molecule has 4 saturated carbocycles. The van der Waals surface area contributed by atoms with E-state index in [2.05, 4.69) is 26.0 Å². The van der Waals surface area contributed by atoms with Crippen LogP contribution in [-0.2, 0) is 20.3 Å². The van der Waals surface area contributed by atoms with Gasteiger partial charge in [-0.1, -0.05) is 26.0 Å². The standard InChI is InChI=1S/C35H49F5O6S/c1-32-14-12-24(41)18-23(32)6-9-27-29-10-11-30(43)33(29,2)19-28(31(27)32)22-4-7-26(8-5-22)46-21-25(42)20-45-15-17-47(44)16-3-13-34(36,37)35(38,39)40/h4-5,7-8,23,25,27-31,42-43H,3,6,9-21H2,1-2H3/t23?,25?,27-,28?,29-,30?,31-,32-,33-,47?/m0/s1. The average Bonchev–Trinajstić information content (AvgIpc) is 3.31. The van der Waals surface area contributed by atoms with Crippen LogP contribution in [0.5, 0.6) is 5.75 Å². The van der Waals surface area contributed by atoms with Crippen molar-refractivity contribution in [3.8, 4) is 5.75 Å². The molecule has 0 aliphatic heterocycles. The zero-order valence-electron chi connectivity index (χ0n) is 27.3. The van der Waals surface area contributed by atoms with Crippen LogP contribution in [0.2, 0.25) is 0 Å². The van der Waals surface area contributed by atoms with Crippen molar-refractivity contribution in [1.29, 1.82) is 0 Å². The van der Waals surface area contributed by atoms with E-state index in [0.717, 1.165) is 38.5 Å². The van der Waals surface area contributed by atoms with Gasteiger partial charge in [0.25, 0.3) is 0 Å². The van der Waals surface area contributed by atoms with Gasteiger partial charge in [0.05, 0.1) is 19.3 Å². The predicted molar refractivity (Wildman–Crippen MR) is 168 cm³/mol. The maximum absolute atomic E-state index is 13.0. The summed E-state index contributed by atoms with van der Waals surface area (Å²) in [6.45, 7) is 4.48. The number of carbonyl (C=O) groups excluding carboxylic acids is 1. The molecule has 4 aliphatic rings.